The minimum absolute atomic E-state index is 0.0243. The van der Waals surface area contributed by atoms with Crippen LogP contribution >= 0.6 is 0 Å². The first-order chi connectivity index (χ1) is 8.47. The Morgan fingerprint density at radius 3 is 2.28 bits per heavy atom. The molecular weight excluding hydrogens is 245 g/mol. The van der Waals surface area contributed by atoms with Gasteiger partial charge in [-0.2, -0.15) is 13.2 Å². The van der Waals surface area contributed by atoms with E-state index < -0.39 is 12.1 Å². The van der Waals surface area contributed by atoms with Gasteiger partial charge in [-0.3, -0.25) is 4.79 Å². The molecule has 0 aromatic rings. The molecule has 0 radical (unpaired) electrons. The van der Waals surface area contributed by atoms with Crippen LogP contribution in [0.15, 0.2) is 0 Å². The van der Waals surface area contributed by atoms with Gasteiger partial charge in [0, 0.05) is 32.1 Å². The van der Waals surface area contributed by atoms with Crippen molar-refractivity contribution in [3.05, 3.63) is 0 Å². The molecule has 0 aromatic carbocycles. The molecular formula is C12H19F3N2O. The minimum Gasteiger partial charge on any atom is -0.343 e. The van der Waals surface area contributed by atoms with Crippen LogP contribution in [0.2, 0.25) is 0 Å². The van der Waals surface area contributed by atoms with Gasteiger partial charge in [-0.05, 0) is 25.7 Å². The van der Waals surface area contributed by atoms with Crippen molar-refractivity contribution < 1.29 is 18.0 Å². The third kappa shape index (κ3) is 3.86. The molecule has 0 aromatic heterocycles. The van der Waals surface area contributed by atoms with Crippen molar-refractivity contribution in [3.63, 3.8) is 0 Å². The number of nitrogens with zero attached hydrogens (tertiary/aromatic N) is 1. The lowest BCUT2D eigenvalue weighted by Gasteiger charge is -2.33. The lowest BCUT2D eigenvalue weighted by molar-refractivity contribution is -0.186. The summed E-state index contributed by atoms with van der Waals surface area (Å²) in [5.41, 5.74) is 0. The Labute approximate surface area is 105 Å². The van der Waals surface area contributed by atoms with Crippen molar-refractivity contribution in [1.29, 1.82) is 0 Å². The molecule has 1 aliphatic carbocycles. The van der Waals surface area contributed by atoms with Gasteiger partial charge in [0.15, 0.2) is 0 Å². The number of nitrogens with one attached hydrogen (secondary N) is 1. The lowest BCUT2D eigenvalue weighted by atomic mass is 9.96. The first-order valence-corrected chi connectivity index (χ1v) is 6.54. The number of piperidine rings is 1. The molecule has 0 atom stereocenters. The number of carbonyl (C=O) groups excluding carboxylic acids is 1. The van der Waals surface area contributed by atoms with Gasteiger partial charge in [0.05, 0.1) is 5.92 Å². The molecule has 2 fully saturated rings. The van der Waals surface area contributed by atoms with Crippen molar-refractivity contribution in [2.75, 3.05) is 19.6 Å². The molecule has 0 spiro atoms. The smallest absolute Gasteiger partial charge is 0.343 e. The molecule has 6 heteroatoms. The predicted molar refractivity (Wildman–Crippen MR) is 61.0 cm³/mol. The van der Waals surface area contributed by atoms with Crippen molar-refractivity contribution in [2.45, 2.75) is 44.3 Å². The second-order valence-electron chi connectivity index (χ2n) is 5.18. The van der Waals surface area contributed by atoms with Crippen LogP contribution in [0.5, 0.6) is 0 Å². The van der Waals surface area contributed by atoms with Crippen LogP contribution in [-0.4, -0.2) is 42.7 Å². The van der Waals surface area contributed by atoms with E-state index in [-0.39, 0.29) is 31.8 Å². The van der Waals surface area contributed by atoms with Crippen molar-refractivity contribution >= 4 is 5.91 Å². The summed E-state index contributed by atoms with van der Waals surface area (Å²) in [7, 11) is 0. The van der Waals surface area contributed by atoms with E-state index in [2.05, 4.69) is 5.32 Å². The van der Waals surface area contributed by atoms with Gasteiger partial charge >= 0.3 is 6.18 Å². The Bertz CT molecular complexity index is 294. The van der Waals surface area contributed by atoms with Gasteiger partial charge in [0.2, 0.25) is 5.91 Å². The third-order valence-electron chi connectivity index (χ3n) is 3.66. The van der Waals surface area contributed by atoms with Crippen LogP contribution in [0.3, 0.4) is 0 Å². The molecule has 1 saturated heterocycles. The lowest BCUT2D eigenvalue weighted by Crippen LogP contribution is -2.42. The zero-order valence-corrected chi connectivity index (χ0v) is 10.3. The maximum atomic E-state index is 12.5. The Balaban J connectivity index is 1.66. The second-order valence-corrected chi connectivity index (χ2v) is 5.18. The summed E-state index contributed by atoms with van der Waals surface area (Å²) in [4.78, 5) is 13.3. The van der Waals surface area contributed by atoms with Crippen LogP contribution < -0.4 is 5.32 Å². The molecule has 0 unspecified atom stereocenters. The van der Waals surface area contributed by atoms with E-state index >= 15 is 0 Å². The second kappa shape index (κ2) is 5.47. The summed E-state index contributed by atoms with van der Waals surface area (Å²) in [5.74, 6) is -1.25. The monoisotopic (exact) mass is 264 g/mol. The molecule has 1 heterocycles. The van der Waals surface area contributed by atoms with Gasteiger partial charge in [-0.1, -0.05) is 0 Å². The molecule has 0 bridgehead atoms. The molecule has 3 nitrogen and oxygen atoms in total. The average molecular weight is 264 g/mol. The van der Waals surface area contributed by atoms with Crippen molar-refractivity contribution in [2.24, 2.45) is 5.92 Å². The number of hydrogen-bond acceptors (Lipinski definition) is 2. The molecule has 104 valence electrons. The number of amides is 1. The fourth-order valence-corrected chi connectivity index (χ4v) is 2.29. The summed E-state index contributed by atoms with van der Waals surface area (Å²) < 4.78 is 37.4. The van der Waals surface area contributed by atoms with Gasteiger partial charge in [0.25, 0.3) is 0 Å². The molecule has 2 rings (SSSR count). The number of likely N-dealkylation sites (tertiary alicyclic amines) is 1. The average Bonchev–Trinajstić information content (AvgIpc) is 3.12. The van der Waals surface area contributed by atoms with E-state index in [0.717, 1.165) is 0 Å². The first kappa shape index (κ1) is 13.6. The zero-order chi connectivity index (χ0) is 13.2. The Hall–Kier alpha value is -0.780. The van der Waals surface area contributed by atoms with E-state index in [1.807, 2.05) is 0 Å². The maximum Gasteiger partial charge on any atom is 0.391 e. The van der Waals surface area contributed by atoms with Crippen molar-refractivity contribution in [1.82, 2.24) is 10.2 Å². The quantitative estimate of drug-likeness (QED) is 0.841. The van der Waals surface area contributed by atoms with E-state index in [1.54, 1.807) is 4.90 Å². The molecule has 18 heavy (non-hydrogen) atoms. The van der Waals surface area contributed by atoms with Gasteiger partial charge in [-0.15, -0.1) is 0 Å². The largest absolute Gasteiger partial charge is 0.391 e. The zero-order valence-electron chi connectivity index (χ0n) is 10.3. The van der Waals surface area contributed by atoms with Crippen LogP contribution in [0.4, 0.5) is 13.2 Å². The molecule has 1 N–H and O–H groups in total. The summed E-state index contributed by atoms with van der Waals surface area (Å²) >= 11 is 0. The van der Waals surface area contributed by atoms with E-state index in [9.17, 15) is 18.0 Å². The third-order valence-corrected chi connectivity index (χ3v) is 3.66. The first-order valence-electron chi connectivity index (χ1n) is 6.54. The summed E-state index contributed by atoms with van der Waals surface area (Å²) in [6.45, 7) is 1.13. The van der Waals surface area contributed by atoms with Crippen LogP contribution in [0.1, 0.15) is 32.1 Å². The Morgan fingerprint density at radius 2 is 1.78 bits per heavy atom. The van der Waals surface area contributed by atoms with E-state index in [0.29, 0.717) is 19.0 Å². The molecule has 2 aliphatic rings. The van der Waals surface area contributed by atoms with Crippen LogP contribution in [0.25, 0.3) is 0 Å². The highest BCUT2D eigenvalue weighted by Crippen LogP contribution is 2.34. The van der Waals surface area contributed by atoms with Crippen LogP contribution in [-0.2, 0) is 4.79 Å². The molecule has 1 amide bonds. The fraction of sp³-hybridized carbons (Fsp3) is 0.917. The standard InChI is InChI=1S/C12H19F3N2O/c13-12(14,15)9-4-7-17(8-5-9)11(18)3-6-16-10-1-2-10/h9-10,16H,1-8H2. The summed E-state index contributed by atoms with van der Waals surface area (Å²) in [6.07, 6.45) is -1.28. The number of carbonyl (C=O) groups is 1. The van der Waals surface area contributed by atoms with E-state index in [1.165, 1.54) is 12.8 Å². The summed E-state index contributed by atoms with van der Waals surface area (Å²) in [6, 6.07) is 0.564. The number of halogens is 3. The van der Waals surface area contributed by atoms with Crippen molar-refractivity contribution in [3.8, 4) is 0 Å². The Morgan fingerprint density at radius 1 is 1.17 bits per heavy atom. The Kier molecular flexibility index (Phi) is 4.14. The minimum atomic E-state index is -4.11. The van der Waals surface area contributed by atoms with Crippen LogP contribution in [0, 0.1) is 5.92 Å². The van der Waals surface area contributed by atoms with Gasteiger partial charge in [0.1, 0.15) is 0 Å². The molecule has 1 aliphatic heterocycles. The number of alkyl halides is 3. The SMILES string of the molecule is O=C(CCNC1CC1)N1CCC(C(F)(F)F)CC1. The highest BCUT2D eigenvalue weighted by molar-refractivity contribution is 5.76. The fourth-order valence-electron chi connectivity index (χ4n) is 2.29. The van der Waals surface area contributed by atoms with Gasteiger partial charge in [-0.25, -0.2) is 0 Å². The highest BCUT2D eigenvalue weighted by atomic mass is 19.4. The number of rotatable bonds is 4. The topological polar surface area (TPSA) is 32.3 Å². The molecule has 1 saturated carbocycles. The maximum absolute atomic E-state index is 12.5. The van der Waals surface area contributed by atoms with E-state index in [4.69, 9.17) is 0 Å². The van der Waals surface area contributed by atoms with Gasteiger partial charge < -0.3 is 10.2 Å². The predicted octanol–water partition coefficient (Wildman–Crippen LogP) is 1.93. The normalized spacial score (nSPS) is 22.3. The number of hydrogen-bond donors (Lipinski definition) is 1. The highest BCUT2D eigenvalue weighted by Gasteiger charge is 2.41. The summed E-state index contributed by atoms with van der Waals surface area (Å²) in [5, 5.41) is 3.23.